The van der Waals surface area contributed by atoms with Crippen LogP contribution in [0.1, 0.15) is 78.7 Å². The number of thiol groups is 2. The minimum Gasteiger partial charge on any atom is -0.481 e. The largest absolute Gasteiger partial charge is 0.481 e. The minimum absolute atomic E-state index is 0.102. The summed E-state index contributed by atoms with van der Waals surface area (Å²) >= 11 is 8.03. The number of rotatable bonds is 36. The maximum absolute atomic E-state index is 14.2. The molecule has 12 amide bonds. The Hall–Kier alpha value is -7.55. The number of carbonyl (C=O) groups excluding carboxylic acids is 12. The third kappa shape index (κ3) is 23.6. The molecule has 20 N–H and O–H groups in total. The molecule has 1 aromatic carbocycles. The molecular formula is C49H76N14O16S2. The monoisotopic (exact) mass is 1180 g/mol. The Bertz CT molecular complexity index is 2570. The van der Waals surface area contributed by atoms with Crippen LogP contribution in [-0.4, -0.2) is 188 Å². The number of aliphatic hydroxyl groups is 2. The van der Waals surface area contributed by atoms with Crippen molar-refractivity contribution in [3.63, 3.8) is 0 Å². The summed E-state index contributed by atoms with van der Waals surface area (Å²) in [4.78, 5) is 173. The van der Waals surface area contributed by atoms with E-state index in [4.69, 9.17) is 17.2 Å². The molecule has 0 bridgehead atoms. The van der Waals surface area contributed by atoms with Gasteiger partial charge in [-0.15, -0.1) is 0 Å². The summed E-state index contributed by atoms with van der Waals surface area (Å²) in [6.07, 6.45) is -3.47. The van der Waals surface area contributed by atoms with Crippen LogP contribution in [0.3, 0.4) is 0 Å². The van der Waals surface area contributed by atoms with Crippen molar-refractivity contribution >= 4 is 113 Å². The first-order valence-corrected chi connectivity index (χ1v) is 26.9. The lowest BCUT2D eigenvalue weighted by Gasteiger charge is -2.29. The van der Waals surface area contributed by atoms with E-state index in [9.17, 15) is 77.6 Å². The zero-order valence-corrected chi connectivity index (χ0v) is 47.2. The van der Waals surface area contributed by atoms with Crippen LogP contribution >= 0.6 is 25.3 Å². The molecule has 0 saturated carbocycles. The number of aliphatic carboxylic acids is 1. The number of primary amides is 2. The van der Waals surface area contributed by atoms with Crippen molar-refractivity contribution in [1.82, 2.24) is 58.2 Å². The number of benzene rings is 1. The van der Waals surface area contributed by atoms with Crippen molar-refractivity contribution in [3.05, 3.63) is 36.0 Å². The first kappa shape index (κ1) is 69.6. The molecule has 450 valence electrons. The first-order chi connectivity index (χ1) is 38.0. The quantitative estimate of drug-likeness (QED) is 0.0223. The Labute approximate surface area is 477 Å². The fourth-order valence-corrected chi connectivity index (χ4v) is 8.31. The summed E-state index contributed by atoms with van der Waals surface area (Å²) in [5, 5.41) is 54.7. The molecule has 0 saturated heterocycles. The number of carboxylic acid groups (broad SMARTS) is 1. The van der Waals surface area contributed by atoms with Crippen LogP contribution in [0.15, 0.2) is 30.5 Å². The molecule has 0 aliphatic rings. The van der Waals surface area contributed by atoms with Crippen LogP contribution in [0.5, 0.6) is 0 Å². The van der Waals surface area contributed by atoms with E-state index in [-0.39, 0.29) is 37.3 Å². The van der Waals surface area contributed by atoms with E-state index >= 15 is 0 Å². The average Bonchev–Trinajstić information content (AvgIpc) is 3.80. The standard InChI is InChI=1S/C49H76N14O16S2/c1-22(2)38(47(77)63-40(24(4)65)49(79)60-33(20-80)41(52)71)61-43(73)29(12-8-9-15-50)57-45(75)32(17-35(51)67)56-36(68)19-54-42(72)30(13-14-37(69)70)58-44(74)31(16-26-18-53-28-11-7-6-10-27(26)28)59-48(78)39(23(3)64)62-46(76)34(21-81)55-25(5)66/h6-7,10-11,18,22-24,29-34,38-40,53,64-65,80-81H,8-9,12-17,19-21,50H2,1-5H3,(H2,51,67)(H2,52,71)(H,54,72)(H,55,66)(H,56,68)(H,57,75)(H,58,74)(H,59,78)(H,60,79)(H,61,73)(H,62,76)(H,63,77)(H,69,70)/t23-,24-,29+,30+,31+,32+,33+,34+,38+,39+,40+/m1/s1. The Balaban J connectivity index is 2.38. The normalized spacial score (nSPS) is 15.2. The van der Waals surface area contributed by atoms with E-state index in [0.29, 0.717) is 22.9 Å². The number of hydrogen-bond acceptors (Lipinski definition) is 18. The van der Waals surface area contributed by atoms with Gasteiger partial charge in [-0.2, -0.15) is 25.3 Å². The zero-order valence-electron chi connectivity index (χ0n) is 45.4. The molecule has 1 heterocycles. The zero-order chi connectivity index (χ0) is 61.3. The molecule has 0 radical (unpaired) electrons. The number of H-pyrrole nitrogens is 1. The Morgan fingerprint density at radius 1 is 0.580 bits per heavy atom. The van der Waals surface area contributed by atoms with Gasteiger partial charge in [-0.3, -0.25) is 62.3 Å². The highest BCUT2D eigenvalue weighted by molar-refractivity contribution is 7.80. The number of unbranched alkanes of at least 4 members (excludes halogenated alkanes) is 1. The van der Waals surface area contributed by atoms with Crippen molar-refractivity contribution in [1.29, 1.82) is 0 Å². The van der Waals surface area contributed by atoms with Gasteiger partial charge in [0.15, 0.2) is 0 Å². The number of aliphatic hydroxyl groups excluding tert-OH is 2. The van der Waals surface area contributed by atoms with Crippen molar-refractivity contribution in [2.24, 2.45) is 23.1 Å². The summed E-state index contributed by atoms with van der Waals surface area (Å²) < 4.78 is 0. The minimum atomic E-state index is -1.80. The highest BCUT2D eigenvalue weighted by Gasteiger charge is 2.37. The van der Waals surface area contributed by atoms with E-state index in [2.05, 4.69) is 83.4 Å². The predicted molar refractivity (Wildman–Crippen MR) is 297 cm³/mol. The number of amides is 12. The van der Waals surface area contributed by atoms with Gasteiger partial charge in [-0.05, 0) is 63.6 Å². The van der Waals surface area contributed by atoms with Crippen molar-refractivity contribution in [2.75, 3.05) is 24.6 Å². The molecule has 0 unspecified atom stereocenters. The molecule has 0 aliphatic carbocycles. The first-order valence-electron chi connectivity index (χ1n) is 25.6. The van der Waals surface area contributed by atoms with Crippen LogP contribution in [0.25, 0.3) is 10.9 Å². The number of fused-ring (bicyclic) bond motifs is 1. The molecule has 0 aliphatic heterocycles. The second-order valence-electron chi connectivity index (χ2n) is 19.2. The van der Waals surface area contributed by atoms with Gasteiger partial charge >= 0.3 is 5.97 Å². The van der Waals surface area contributed by atoms with Gasteiger partial charge in [-0.25, -0.2) is 0 Å². The van der Waals surface area contributed by atoms with Crippen molar-refractivity contribution in [3.8, 4) is 0 Å². The van der Waals surface area contributed by atoms with Crippen LogP contribution in [0.2, 0.25) is 0 Å². The second-order valence-corrected chi connectivity index (χ2v) is 20.0. The highest BCUT2D eigenvalue weighted by atomic mass is 32.1. The lowest BCUT2D eigenvalue weighted by atomic mass is 10.0. The Morgan fingerprint density at radius 3 is 1.59 bits per heavy atom. The summed E-state index contributed by atoms with van der Waals surface area (Å²) in [7, 11) is 0. The molecule has 32 heteroatoms. The molecule has 2 rings (SSSR count). The number of carbonyl (C=O) groups is 13. The van der Waals surface area contributed by atoms with E-state index in [0.717, 1.165) is 6.92 Å². The Kier molecular flexibility index (Phi) is 29.7. The van der Waals surface area contributed by atoms with Gasteiger partial charge in [0.1, 0.15) is 54.4 Å². The lowest BCUT2D eigenvalue weighted by molar-refractivity contribution is -0.138. The molecule has 81 heavy (non-hydrogen) atoms. The molecule has 1 aromatic heterocycles. The summed E-state index contributed by atoms with van der Waals surface area (Å²) in [5.74, 6) is -14.4. The second kappa shape index (κ2) is 34.6. The number of aromatic nitrogens is 1. The third-order valence-electron chi connectivity index (χ3n) is 12.2. The number of hydrogen-bond donors (Lipinski definition) is 19. The van der Waals surface area contributed by atoms with Crippen molar-refractivity contribution in [2.45, 2.75) is 146 Å². The summed E-state index contributed by atoms with van der Waals surface area (Å²) in [5.41, 5.74) is 17.5. The van der Waals surface area contributed by atoms with Crippen LogP contribution < -0.4 is 70.4 Å². The van der Waals surface area contributed by atoms with Gasteiger partial charge in [0.25, 0.3) is 0 Å². The molecule has 11 atom stereocenters. The lowest BCUT2D eigenvalue weighted by Crippen LogP contribution is -2.62. The van der Waals surface area contributed by atoms with Gasteiger partial charge in [0, 0.05) is 48.4 Å². The van der Waals surface area contributed by atoms with Gasteiger partial charge in [0.05, 0.1) is 25.2 Å². The average molecular weight is 1180 g/mol. The number of para-hydroxylation sites is 1. The summed E-state index contributed by atoms with van der Waals surface area (Å²) in [6, 6.07) is -6.94. The van der Waals surface area contributed by atoms with Crippen LogP contribution in [-0.2, 0) is 68.7 Å². The van der Waals surface area contributed by atoms with Gasteiger partial charge in [0.2, 0.25) is 70.9 Å². The highest BCUT2D eigenvalue weighted by Crippen LogP contribution is 2.20. The fraction of sp³-hybridized carbons (Fsp3) is 0.571. The van der Waals surface area contributed by atoms with E-state index < -0.39 is 175 Å². The number of nitrogens with one attached hydrogen (secondary N) is 11. The molecule has 2 aromatic rings. The van der Waals surface area contributed by atoms with Crippen LogP contribution in [0.4, 0.5) is 0 Å². The number of nitrogens with two attached hydrogens (primary N) is 3. The fourth-order valence-electron chi connectivity index (χ4n) is 7.78. The maximum atomic E-state index is 14.2. The van der Waals surface area contributed by atoms with E-state index in [1.807, 2.05) is 0 Å². The molecule has 0 fully saturated rings. The smallest absolute Gasteiger partial charge is 0.303 e. The SMILES string of the molecule is CC(=O)N[C@@H](CS)C(=O)N[C@H](C(=O)N[C@@H](Cc1c[nH]c2ccccc12)C(=O)N[C@@H](CCC(=O)O)C(=O)NCC(=O)N[C@@H](CC(N)=O)C(=O)N[C@@H](CCCCN)C(=O)N[C@H](C(=O)N[C@H](C(=O)N[C@@H](CS)C(N)=O)[C@@H](C)O)C(C)C)[C@@H](C)O. The number of carboxylic acids is 1. The maximum Gasteiger partial charge on any atom is 0.303 e. The van der Waals surface area contributed by atoms with Crippen LogP contribution in [0, 0.1) is 5.92 Å². The van der Waals surface area contributed by atoms with Crippen molar-refractivity contribution < 1.29 is 77.6 Å². The Morgan fingerprint density at radius 2 is 1.07 bits per heavy atom. The molecule has 0 spiro atoms. The predicted octanol–water partition coefficient (Wildman–Crippen LogP) is -6.16. The van der Waals surface area contributed by atoms with Gasteiger partial charge in [-0.1, -0.05) is 32.0 Å². The third-order valence-corrected chi connectivity index (χ3v) is 12.9. The summed E-state index contributed by atoms with van der Waals surface area (Å²) in [6.45, 7) is 5.78. The molecular weight excluding hydrogens is 1100 g/mol. The molecule has 30 nitrogen and oxygen atoms in total. The van der Waals surface area contributed by atoms with Gasteiger partial charge < -0.3 is 90.7 Å². The topological polar surface area (TPSA) is 497 Å². The number of aromatic amines is 1. The van der Waals surface area contributed by atoms with E-state index in [1.54, 1.807) is 30.5 Å². The van der Waals surface area contributed by atoms with E-state index in [1.165, 1.54) is 27.7 Å².